The normalized spacial score (nSPS) is 23.6. The molecule has 6 aliphatic rings. The minimum atomic E-state index is -0.406. The van der Waals surface area contributed by atoms with Crippen LogP contribution < -0.4 is 21.7 Å². The van der Waals surface area contributed by atoms with Gasteiger partial charge in [0, 0.05) is 56.1 Å². The first-order valence-corrected chi connectivity index (χ1v) is 19.1. The fraction of sp³-hybridized carbons (Fsp3) is 0.919. The van der Waals surface area contributed by atoms with E-state index in [1.165, 1.54) is 64.5 Å². The molecular weight excluding hydrogens is 608 g/mol. The molecule has 6 rings (SSSR count). The average Bonchev–Trinajstić information content (AvgIpc) is 2.92. The van der Waals surface area contributed by atoms with Crippen LogP contribution in [0.2, 0.25) is 0 Å². The molecule has 3 saturated heterocycles. The van der Waals surface area contributed by atoms with Gasteiger partial charge in [-0.1, -0.05) is 12.8 Å². The second kappa shape index (κ2) is 20.0. The predicted octanol–water partition coefficient (Wildman–Crippen LogP) is 5.49. The van der Waals surface area contributed by atoms with Crippen molar-refractivity contribution in [1.82, 2.24) is 25.8 Å². The number of alkyl carbamates (subject to hydrolysis) is 2. The van der Waals surface area contributed by atoms with E-state index in [1.807, 2.05) is 41.5 Å². The van der Waals surface area contributed by atoms with E-state index in [0.717, 1.165) is 83.2 Å². The Kier molecular flexibility index (Phi) is 16.9. The summed E-state index contributed by atoms with van der Waals surface area (Å²) >= 11 is 0. The largest absolute Gasteiger partial charge is 0.444 e. The van der Waals surface area contributed by atoms with Gasteiger partial charge in [0.2, 0.25) is 0 Å². The summed E-state index contributed by atoms with van der Waals surface area (Å²) in [6, 6.07) is 2.81. The summed E-state index contributed by atoms with van der Waals surface area (Å²) in [7, 11) is 0. The van der Waals surface area contributed by atoms with Crippen molar-refractivity contribution in [3.63, 3.8) is 0 Å². The topological polar surface area (TPSA) is 138 Å². The first kappa shape index (κ1) is 40.5. The van der Waals surface area contributed by atoms with Gasteiger partial charge < -0.3 is 41.0 Å². The maximum absolute atomic E-state index is 11.7. The summed E-state index contributed by atoms with van der Waals surface area (Å²) in [5.74, 6) is 0.435. The highest BCUT2D eigenvalue weighted by Crippen LogP contribution is 2.28. The van der Waals surface area contributed by atoms with Gasteiger partial charge in [-0.3, -0.25) is 4.79 Å². The minimum absolute atomic E-state index is 0.270. The highest BCUT2D eigenvalue weighted by molar-refractivity contribution is 5.83. The number of hydrogen-bond acceptors (Lipinski definition) is 9. The van der Waals surface area contributed by atoms with Crippen molar-refractivity contribution in [3.05, 3.63) is 0 Å². The molecule has 0 bridgehead atoms. The standard InChI is InChI=1S/C14H26N2O2.C10H20N2O2.C9H18N2.C4H6O/c1-14(2,3)18-13(17)15-11-7-9-16(10-8-11)12-5-4-6-12;1-10(2,3)14-9(13)12-8-4-6-11-7-5-8;10-8-4-6-11(7-5-8)9-2-1-3-9;5-4-2-1-3-4/h11-12H,4-10H2,1-3H3,(H,15,17);8,11H,4-7H2,1-3H3,(H,12,13);8-9H,1-7,10H2;1-3H2. The van der Waals surface area contributed by atoms with Crippen molar-refractivity contribution in [3.8, 4) is 0 Å². The third-order valence-electron chi connectivity index (χ3n) is 9.98. The Bertz CT molecular complexity index is 946. The van der Waals surface area contributed by atoms with Crippen LogP contribution in [0.4, 0.5) is 9.59 Å². The van der Waals surface area contributed by atoms with Gasteiger partial charge >= 0.3 is 12.2 Å². The van der Waals surface area contributed by atoms with Crippen molar-refractivity contribution in [2.75, 3.05) is 39.3 Å². The summed E-state index contributed by atoms with van der Waals surface area (Å²) < 4.78 is 10.5. The lowest BCUT2D eigenvalue weighted by molar-refractivity contribution is -0.123. The Balaban J connectivity index is 0.000000186. The number of Topliss-reactive ketones (excluding diaryl/α,β-unsaturated/α-hetero) is 1. The summed E-state index contributed by atoms with van der Waals surface area (Å²) in [6.45, 7) is 18.0. The van der Waals surface area contributed by atoms with Crippen LogP contribution in [0.15, 0.2) is 0 Å². The van der Waals surface area contributed by atoms with E-state index < -0.39 is 11.2 Å². The predicted molar refractivity (Wildman–Crippen MR) is 192 cm³/mol. The highest BCUT2D eigenvalue weighted by Gasteiger charge is 2.30. The van der Waals surface area contributed by atoms with Gasteiger partial charge in [-0.25, -0.2) is 9.59 Å². The summed E-state index contributed by atoms with van der Waals surface area (Å²) in [5.41, 5.74) is 5.02. The molecule has 6 fully saturated rings. The molecule has 0 aromatic carbocycles. The van der Waals surface area contributed by atoms with Crippen molar-refractivity contribution in [2.24, 2.45) is 5.73 Å². The van der Waals surface area contributed by atoms with Crippen LogP contribution >= 0.6 is 0 Å². The number of hydrogen-bond donors (Lipinski definition) is 4. The summed E-state index contributed by atoms with van der Waals surface area (Å²) in [4.78, 5) is 38.1. The Morgan fingerprint density at radius 1 is 0.646 bits per heavy atom. The van der Waals surface area contributed by atoms with Gasteiger partial charge in [0.1, 0.15) is 17.0 Å². The minimum Gasteiger partial charge on any atom is -0.444 e. The summed E-state index contributed by atoms with van der Waals surface area (Å²) in [5, 5.41) is 9.10. The van der Waals surface area contributed by atoms with Crippen LogP contribution in [0.25, 0.3) is 0 Å². The third-order valence-corrected chi connectivity index (χ3v) is 9.98. The number of carbonyl (C=O) groups excluding carboxylic acids is 3. The number of carbonyl (C=O) groups is 3. The number of nitrogens with one attached hydrogen (secondary N) is 3. The van der Waals surface area contributed by atoms with E-state index in [2.05, 4.69) is 25.8 Å². The van der Waals surface area contributed by atoms with Crippen molar-refractivity contribution < 1.29 is 23.9 Å². The quantitative estimate of drug-likeness (QED) is 0.304. The molecule has 0 radical (unpaired) electrons. The van der Waals surface area contributed by atoms with Gasteiger partial charge in [0.05, 0.1) is 0 Å². The third kappa shape index (κ3) is 16.6. The number of nitrogens with zero attached hydrogens (tertiary/aromatic N) is 2. The second-order valence-corrected chi connectivity index (χ2v) is 16.6. The molecule has 0 aromatic rings. The van der Waals surface area contributed by atoms with E-state index in [4.69, 9.17) is 15.2 Å². The van der Waals surface area contributed by atoms with Crippen LogP contribution in [-0.4, -0.2) is 108 Å². The molecular formula is C37H70N6O5. The molecule has 3 aliphatic heterocycles. The molecule has 0 unspecified atom stereocenters. The number of nitrogens with two attached hydrogens (primary N) is 1. The van der Waals surface area contributed by atoms with Crippen LogP contribution in [0.1, 0.15) is 138 Å². The SMILES string of the molecule is CC(C)(C)OC(=O)NC1CCN(C2CCC2)CC1.CC(C)(C)OC(=O)NC1CCNCC1.NC1CCN(C2CCC2)CC1.O=C1CCC1. The van der Waals surface area contributed by atoms with Gasteiger partial charge in [0.15, 0.2) is 0 Å². The van der Waals surface area contributed by atoms with Crippen molar-refractivity contribution >= 4 is 18.0 Å². The number of ether oxygens (including phenoxy) is 2. The summed E-state index contributed by atoms with van der Waals surface area (Å²) in [6.07, 6.45) is 17.2. The van der Waals surface area contributed by atoms with Crippen molar-refractivity contribution in [2.45, 2.75) is 179 Å². The molecule has 0 aromatic heterocycles. The lowest BCUT2D eigenvalue weighted by Gasteiger charge is -2.41. The molecule has 3 aliphatic carbocycles. The fourth-order valence-electron chi connectivity index (χ4n) is 6.43. The number of likely N-dealkylation sites (tertiary alicyclic amines) is 2. The lowest BCUT2D eigenvalue weighted by Crippen LogP contribution is -2.50. The Hall–Kier alpha value is -1.95. The Morgan fingerprint density at radius 2 is 1.02 bits per heavy atom. The van der Waals surface area contributed by atoms with Crippen molar-refractivity contribution in [1.29, 1.82) is 0 Å². The molecule has 3 heterocycles. The van der Waals surface area contributed by atoms with E-state index in [1.54, 1.807) is 0 Å². The first-order chi connectivity index (χ1) is 22.7. The molecule has 11 heteroatoms. The average molecular weight is 679 g/mol. The van der Waals surface area contributed by atoms with Gasteiger partial charge in [-0.05, 0) is 138 Å². The molecule has 3 saturated carbocycles. The maximum Gasteiger partial charge on any atom is 0.407 e. The Labute approximate surface area is 291 Å². The smallest absolute Gasteiger partial charge is 0.407 e. The molecule has 48 heavy (non-hydrogen) atoms. The zero-order chi connectivity index (χ0) is 35.2. The van der Waals surface area contributed by atoms with Gasteiger partial charge in [-0.15, -0.1) is 0 Å². The molecule has 11 nitrogen and oxygen atoms in total. The van der Waals surface area contributed by atoms with Crippen LogP contribution in [-0.2, 0) is 14.3 Å². The monoisotopic (exact) mass is 679 g/mol. The zero-order valence-corrected chi connectivity index (χ0v) is 31.2. The first-order valence-electron chi connectivity index (χ1n) is 19.1. The van der Waals surface area contributed by atoms with Crippen LogP contribution in [0.5, 0.6) is 0 Å². The zero-order valence-electron chi connectivity index (χ0n) is 31.2. The Morgan fingerprint density at radius 3 is 1.33 bits per heavy atom. The fourth-order valence-corrected chi connectivity index (χ4v) is 6.43. The molecule has 2 amide bonds. The lowest BCUT2D eigenvalue weighted by atomic mass is 9.89. The van der Waals surface area contributed by atoms with Gasteiger partial charge in [0.25, 0.3) is 0 Å². The van der Waals surface area contributed by atoms with Gasteiger partial charge in [-0.2, -0.15) is 0 Å². The van der Waals surface area contributed by atoms with E-state index >= 15 is 0 Å². The molecule has 0 atom stereocenters. The number of rotatable bonds is 4. The van der Waals surface area contributed by atoms with Crippen LogP contribution in [0, 0.1) is 0 Å². The van der Waals surface area contributed by atoms with E-state index in [9.17, 15) is 14.4 Å². The number of amides is 2. The molecule has 278 valence electrons. The van der Waals surface area contributed by atoms with Crippen LogP contribution in [0.3, 0.4) is 0 Å². The number of piperidine rings is 3. The van der Waals surface area contributed by atoms with E-state index in [0.29, 0.717) is 11.8 Å². The molecule has 0 spiro atoms. The highest BCUT2D eigenvalue weighted by atomic mass is 16.6. The molecule has 5 N–H and O–H groups in total. The number of ketones is 1. The second-order valence-electron chi connectivity index (χ2n) is 16.6. The van der Waals surface area contributed by atoms with E-state index in [-0.39, 0.29) is 24.3 Å². The maximum atomic E-state index is 11.7.